The summed E-state index contributed by atoms with van der Waals surface area (Å²) in [6, 6.07) is -0.804. The summed E-state index contributed by atoms with van der Waals surface area (Å²) in [5.41, 5.74) is -0.242. The number of aliphatic carboxylic acids is 1. The number of nitro groups is 1. The second kappa shape index (κ2) is 5.01. The second-order valence-electron chi connectivity index (χ2n) is 2.97. The molecule has 0 saturated carbocycles. The van der Waals surface area contributed by atoms with E-state index in [1.165, 1.54) is 0 Å². The summed E-state index contributed by atoms with van der Waals surface area (Å²) in [6.45, 7) is 1.69. The highest BCUT2D eigenvalue weighted by Gasteiger charge is 2.16. The monoisotopic (exact) mass is 226 g/mol. The van der Waals surface area contributed by atoms with E-state index in [2.05, 4.69) is 15.3 Å². The van der Waals surface area contributed by atoms with Crippen LogP contribution in [0.15, 0.2) is 12.4 Å². The Labute approximate surface area is 90.5 Å². The van der Waals surface area contributed by atoms with Crippen LogP contribution < -0.4 is 5.32 Å². The molecule has 8 heteroatoms. The maximum Gasteiger partial charge on any atom is 0.326 e. The van der Waals surface area contributed by atoms with Crippen molar-refractivity contribution in [1.82, 2.24) is 9.97 Å². The highest BCUT2D eigenvalue weighted by molar-refractivity contribution is 5.76. The molecule has 1 aromatic heterocycles. The Bertz CT molecular complexity index is 392. The van der Waals surface area contributed by atoms with Crippen LogP contribution in [-0.4, -0.2) is 32.0 Å². The number of rotatable bonds is 5. The van der Waals surface area contributed by atoms with Crippen molar-refractivity contribution in [3.8, 4) is 0 Å². The number of aromatic nitrogens is 2. The van der Waals surface area contributed by atoms with Crippen molar-refractivity contribution in [2.75, 3.05) is 5.32 Å². The zero-order valence-electron chi connectivity index (χ0n) is 8.45. The predicted octanol–water partition coefficient (Wildman–Crippen LogP) is 0.660. The molecule has 0 fully saturated rings. The predicted molar refractivity (Wildman–Crippen MR) is 54.0 cm³/mol. The minimum atomic E-state index is -1.02. The average Bonchev–Trinajstić information content (AvgIpc) is 2.26. The molecule has 1 rings (SSSR count). The van der Waals surface area contributed by atoms with Gasteiger partial charge in [0.2, 0.25) is 5.95 Å². The van der Waals surface area contributed by atoms with Crippen molar-refractivity contribution >= 4 is 17.6 Å². The lowest BCUT2D eigenvalue weighted by molar-refractivity contribution is -0.385. The van der Waals surface area contributed by atoms with Gasteiger partial charge in [0, 0.05) is 0 Å². The Morgan fingerprint density at radius 1 is 1.62 bits per heavy atom. The van der Waals surface area contributed by atoms with Gasteiger partial charge in [-0.15, -0.1) is 0 Å². The molecule has 16 heavy (non-hydrogen) atoms. The van der Waals surface area contributed by atoms with Crippen LogP contribution in [0.25, 0.3) is 0 Å². The van der Waals surface area contributed by atoms with Crippen molar-refractivity contribution < 1.29 is 14.8 Å². The molecule has 0 aromatic carbocycles. The number of carboxylic acid groups (broad SMARTS) is 1. The lowest BCUT2D eigenvalue weighted by atomic mass is 10.2. The molecular formula is C8H10N4O4. The maximum absolute atomic E-state index is 10.7. The van der Waals surface area contributed by atoms with Gasteiger partial charge >= 0.3 is 11.7 Å². The summed E-state index contributed by atoms with van der Waals surface area (Å²) in [5, 5.41) is 21.6. The number of nitrogens with zero attached hydrogens (tertiary/aromatic N) is 3. The fourth-order valence-electron chi connectivity index (χ4n) is 0.984. The summed E-state index contributed by atoms with van der Waals surface area (Å²) in [6.07, 6.45) is 2.39. The molecular weight excluding hydrogens is 216 g/mol. The number of anilines is 1. The van der Waals surface area contributed by atoms with Crippen molar-refractivity contribution in [2.24, 2.45) is 0 Å². The minimum absolute atomic E-state index is 0.0554. The zero-order valence-corrected chi connectivity index (χ0v) is 8.45. The number of hydrogen-bond donors (Lipinski definition) is 2. The number of carbonyl (C=O) groups is 1. The van der Waals surface area contributed by atoms with Crippen LogP contribution >= 0.6 is 0 Å². The van der Waals surface area contributed by atoms with Crippen molar-refractivity contribution in [3.63, 3.8) is 0 Å². The highest BCUT2D eigenvalue weighted by Crippen LogP contribution is 2.09. The zero-order chi connectivity index (χ0) is 12.1. The third kappa shape index (κ3) is 2.87. The van der Waals surface area contributed by atoms with Gasteiger partial charge in [-0.05, 0) is 6.42 Å². The van der Waals surface area contributed by atoms with Crippen LogP contribution in [0.4, 0.5) is 11.6 Å². The van der Waals surface area contributed by atoms with E-state index in [1.807, 2.05) is 0 Å². The van der Waals surface area contributed by atoms with Crippen LogP contribution in [0.5, 0.6) is 0 Å². The first-order chi connectivity index (χ1) is 7.54. The van der Waals surface area contributed by atoms with Gasteiger partial charge in [-0.1, -0.05) is 6.92 Å². The SMILES string of the molecule is CCC(Nc1ncc([N+](=O)[O-])cn1)C(=O)O. The third-order valence-corrected chi connectivity index (χ3v) is 1.86. The molecule has 0 saturated heterocycles. The van der Waals surface area contributed by atoms with Gasteiger partial charge in [0.15, 0.2) is 0 Å². The highest BCUT2D eigenvalue weighted by atomic mass is 16.6. The average molecular weight is 226 g/mol. The summed E-state index contributed by atoms with van der Waals surface area (Å²) >= 11 is 0. The minimum Gasteiger partial charge on any atom is -0.480 e. The summed E-state index contributed by atoms with van der Waals surface area (Å²) < 4.78 is 0. The van der Waals surface area contributed by atoms with E-state index >= 15 is 0 Å². The molecule has 0 bridgehead atoms. The first-order valence-electron chi connectivity index (χ1n) is 4.50. The van der Waals surface area contributed by atoms with E-state index in [-0.39, 0.29) is 11.6 Å². The van der Waals surface area contributed by atoms with E-state index in [0.717, 1.165) is 12.4 Å². The third-order valence-electron chi connectivity index (χ3n) is 1.86. The van der Waals surface area contributed by atoms with Crippen molar-refractivity contribution in [1.29, 1.82) is 0 Å². The molecule has 2 N–H and O–H groups in total. The van der Waals surface area contributed by atoms with Crippen LogP contribution in [0, 0.1) is 10.1 Å². The van der Waals surface area contributed by atoms with Gasteiger partial charge in [0.05, 0.1) is 4.92 Å². The van der Waals surface area contributed by atoms with Crippen LogP contribution in [-0.2, 0) is 4.79 Å². The topological polar surface area (TPSA) is 118 Å². The van der Waals surface area contributed by atoms with E-state index in [0.29, 0.717) is 6.42 Å². The van der Waals surface area contributed by atoms with Gasteiger partial charge in [-0.3, -0.25) is 10.1 Å². The summed E-state index contributed by atoms with van der Waals surface area (Å²) in [5.74, 6) is -0.968. The smallest absolute Gasteiger partial charge is 0.326 e. The molecule has 0 aliphatic heterocycles. The largest absolute Gasteiger partial charge is 0.480 e. The lowest BCUT2D eigenvalue weighted by Gasteiger charge is -2.10. The van der Waals surface area contributed by atoms with E-state index < -0.39 is 16.9 Å². The maximum atomic E-state index is 10.7. The lowest BCUT2D eigenvalue weighted by Crippen LogP contribution is -2.29. The molecule has 86 valence electrons. The Hall–Kier alpha value is -2.25. The Kier molecular flexibility index (Phi) is 3.70. The first kappa shape index (κ1) is 11.8. The fourth-order valence-corrected chi connectivity index (χ4v) is 0.984. The summed E-state index contributed by atoms with van der Waals surface area (Å²) in [7, 11) is 0. The number of carboxylic acids is 1. The molecule has 0 radical (unpaired) electrons. The van der Waals surface area contributed by atoms with Crippen LogP contribution in [0.1, 0.15) is 13.3 Å². The normalized spacial score (nSPS) is 11.8. The van der Waals surface area contributed by atoms with Gasteiger partial charge < -0.3 is 10.4 Å². The first-order valence-corrected chi connectivity index (χ1v) is 4.50. The Morgan fingerprint density at radius 2 is 2.19 bits per heavy atom. The Balaban J connectivity index is 2.75. The molecule has 1 aromatic rings. The van der Waals surface area contributed by atoms with Gasteiger partial charge in [0.25, 0.3) is 0 Å². The molecule has 8 nitrogen and oxygen atoms in total. The molecule has 0 spiro atoms. The van der Waals surface area contributed by atoms with Gasteiger partial charge in [-0.25, -0.2) is 14.8 Å². The van der Waals surface area contributed by atoms with Crippen molar-refractivity contribution in [2.45, 2.75) is 19.4 Å². The molecule has 0 amide bonds. The molecule has 0 aliphatic rings. The van der Waals surface area contributed by atoms with Gasteiger partial charge in [0.1, 0.15) is 18.4 Å². The van der Waals surface area contributed by atoms with E-state index in [9.17, 15) is 14.9 Å². The number of nitrogens with one attached hydrogen (secondary N) is 1. The molecule has 1 unspecified atom stereocenters. The van der Waals surface area contributed by atoms with Crippen LogP contribution in [0.2, 0.25) is 0 Å². The second-order valence-corrected chi connectivity index (χ2v) is 2.97. The fraction of sp³-hybridized carbons (Fsp3) is 0.375. The van der Waals surface area contributed by atoms with Gasteiger partial charge in [-0.2, -0.15) is 0 Å². The van der Waals surface area contributed by atoms with Crippen molar-refractivity contribution in [3.05, 3.63) is 22.5 Å². The quantitative estimate of drug-likeness (QED) is 0.559. The number of hydrogen-bond acceptors (Lipinski definition) is 6. The summed E-state index contributed by atoms with van der Waals surface area (Å²) in [4.78, 5) is 27.7. The molecule has 1 heterocycles. The standard InChI is InChI=1S/C8H10N4O4/c1-2-6(7(13)14)11-8-9-3-5(4-10-8)12(15)16/h3-4,6H,2H2,1H3,(H,13,14)(H,9,10,11). The van der Waals surface area contributed by atoms with E-state index in [1.54, 1.807) is 6.92 Å². The molecule has 1 atom stereocenters. The van der Waals surface area contributed by atoms with E-state index in [4.69, 9.17) is 5.11 Å². The Morgan fingerprint density at radius 3 is 2.56 bits per heavy atom. The molecule has 0 aliphatic carbocycles. The van der Waals surface area contributed by atoms with Crippen LogP contribution in [0.3, 0.4) is 0 Å².